The van der Waals surface area contributed by atoms with E-state index in [1.807, 2.05) is 61.5 Å². The number of amides is 1. The van der Waals surface area contributed by atoms with Gasteiger partial charge in [0.15, 0.2) is 0 Å². The Balaban J connectivity index is 1.89. The zero-order valence-electron chi connectivity index (χ0n) is 16.5. The van der Waals surface area contributed by atoms with E-state index in [0.29, 0.717) is 18.7 Å². The summed E-state index contributed by atoms with van der Waals surface area (Å²) in [6.45, 7) is 5.23. The van der Waals surface area contributed by atoms with E-state index in [1.165, 1.54) is 11.6 Å². The molecule has 3 aromatic rings. The normalized spacial score (nSPS) is 10.6. The number of nitrogens with zero attached hydrogens (tertiary/aromatic N) is 2. The molecule has 1 amide bonds. The Morgan fingerprint density at radius 1 is 0.964 bits per heavy atom. The molecule has 0 aliphatic carbocycles. The Labute approximate surface area is 166 Å². The molecule has 0 radical (unpaired) electrons. The number of benzene rings is 2. The highest BCUT2D eigenvalue weighted by Gasteiger charge is 2.18. The van der Waals surface area contributed by atoms with E-state index >= 15 is 0 Å². The van der Waals surface area contributed by atoms with Gasteiger partial charge in [-0.1, -0.05) is 61.4 Å². The van der Waals surface area contributed by atoms with Gasteiger partial charge in [-0.25, -0.2) is 0 Å². The number of unbranched alkanes of at least 4 members (excludes halogenated alkanes) is 1. The van der Waals surface area contributed by atoms with Crippen LogP contribution in [0.25, 0.3) is 0 Å². The molecular weight excluding hydrogens is 348 g/mol. The van der Waals surface area contributed by atoms with Gasteiger partial charge >= 0.3 is 0 Å². The van der Waals surface area contributed by atoms with Crippen molar-refractivity contribution in [2.24, 2.45) is 0 Å². The molecule has 2 aromatic carbocycles. The van der Waals surface area contributed by atoms with Gasteiger partial charge in [0, 0.05) is 24.5 Å². The summed E-state index contributed by atoms with van der Waals surface area (Å²) in [4.78, 5) is 27.3. The van der Waals surface area contributed by atoms with Crippen molar-refractivity contribution in [1.29, 1.82) is 0 Å². The van der Waals surface area contributed by atoms with Crippen LogP contribution >= 0.6 is 0 Å². The average Bonchev–Trinajstić information content (AvgIpc) is 2.72. The second-order valence-corrected chi connectivity index (χ2v) is 7.02. The summed E-state index contributed by atoms with van der Waals surface area (Å²) in [5.74, 6) is -0.0858. The summed E-state index contributed by atoms with van der Waals surface area (Å²) in [6, 6.07) is 20.8. The molecule has 0 bridgehead atoms. The Kier molecular flexibility index (Phi) is 6.43. The zero-order chi connectivity index (χ0) is 19.9. The number of aromatic nitrogens is 1. The maximum Gasteiger partial charge on any atom is 0.259 e. The van der Waals surface area contributed by atoms with Gasteiger partial charge < -0.3 is 9.47 Å². The van der Waals surface area contributed by atoms with Crippen LogP contribution in [0.2, 0.25) is 0 Å². The largest absolute Gasteiger partial charge is 0.310 e. The first-order valence-corrected chi connectivity index (χ1v) is 9.71. The number of pyridine rings is 1. The van der Waals surface area contributed by atoms with E-state index in [4.69, 9.17) is 0 Å². The van der Waals surface area contributed by atoms with Crippen LogP contribution in [0.4, 0.5) is 5.69 Å². The van der Waals surface area contributed by atoms with Crippen LogP contribution in [0, 0.1) is 6.92 Å². The summed E-state index contributed by atoms with van der Waals surface area (Å²) in [6.07, 6.45) is 3.60. The van der Waals surface area contributed by atoms with Crippen molar-refractivity contribution >= 4 is 11.6 Å². The van der Waals surface area contributed by atoms with Crippen LogP contribution in [0.3, 0.4) is 0 Å². The first-order valence-electron chi connectivity index (χ1n) is 9.71. The van der Waals surface area contributed by atoms with Crippen molar-refractivity contribution in [3.63, 3.8) is 0 Å². The number of hydrogen-bond acceptors (Lipinski definition) is 2. The minimum absolute atomic E-state index is 0.0858. The van der Waals surface area contributed by atoms with Gasteiger partial charge in [0.05, 0.1) is 12.1 Å². The number of rotatable bonds is 7. The van der Waals surface area contributed by atoms with Gasteiger partial charge in [0.2, 0.25) is 0 Å². The number of carbonyl (C=O) groups excluding carboxylic acids is 1. The third-order valence-corrected chi connectivity index (χ3v) is 4.75. The molecular formula is C24H26N2O2. The molecule has 144 valence electrons. The molecule has 0 atom stereocenters. The summed E-state index contributed by atoms with van der Waals surface area (Å²) in [5.41, 5.74) is 3.48. The van der Waals surface area contributed by atoms with Crippen LogP contribution in [-0.2, 0) is 6.54 Å². The van der Waals surface area contributed by atoms with E-state index < -0.39 is 0 Å². The fraction of sp³-hybridized carbons (Fsp3) is 0.250. The van der Waals surface area contributed by atoms with Crippen molar-refractivity contribution < 1.29 is 4.79 Å². The molecule has 0 saturated heterocycles. The molecule has 0 aliphatic heterocycles. The highest BCUT2D eigenvalue weighted by molar-refractivity contribution is 6.05. The summed E-state index contributed by atoms with van der Waals surface area (Å²) < 4.78 is 1.60. The van der Waals surface area contributed by atoms with E-state index in [0.717, 1.165) is 24.1 Å². The lowest BCUT2D eigenvalue weighted by Crippen LogP contribution is -2.33. The predicted octanol–water partition coefficient (Wildman–Crippen LogP) is 4.65. The smallest absolute Gasteiger partial charge is 0.259 e. The minimum atomic E-state index is -0.114. The monoisotopic (exact) mass is 374 g/mol. The maximum absolute atomic E-state index is 13.2. The fourth-order valence-corrected chi connectivity index (χ4v) is 3.10. The molecule has 0 fully saturated rings. The molecule has 28 heavy (non-hydrogen) atoms. The first-order chi connectivity index (χ1) is 13.6. The van der Waals surface area contributed by atoms with Crippen molar-refractivity contribution in [3.8, 4) is 0 Å². The summed E-state index contributed by atoms with van der Waals surface area (Å²) in [5, 5.41) is 0. The van der Waals surface area contributed by atoms with Gasteiger partial charge in [-0.15, -0.1) is 0 Å². The number of hydrogen-bond donors (Lipinski definition) is 0. The minimum Gasteiger partial charge on any atom is -0.310 e. The van der Waals surface area contributed by atoms with Crippen LogP contribution in [0.1, 0.15) is 41.3 Å². The third kappa shape index (κ3) is 4.77. The topological polar surface area (TPSA) is 42.3 Å². The first kappa shape index (κ1) is 19.6. The Bertz CT molecular complexity index is 975. The number of para-hydroxylation sites is 1. The van der Waals surface area contributed by atoms with Crippen molar-refractivity contribution in [2.45, 2.75) is 33.2 Å². The quantitative estimate of drug-likeness (QED) is 0.604. The van der Waals surface area contributed by atoms with Crippen molar-refractivity contribution in [1.82, 2.24) is 4.57 Å². The van der Waals surface area contributed by atoms with Crippen molar-refractivity contribution in [2.75, 3.05) is 11.4 Å². The predicted molar refractivity (Wildman–Crippen MR) is 114 cm³/mol. The number of aryl methyl sites for hydroxylation is 1. The molecule has 0 spiro atoms. The van der Waals surface area contributed by atoms with Crippen LogP contribution in [0.15, 0.2) is 77.7 Å². The molecule has 4 nitrogen and oxygen atoms in total. The van der Waals surface area contributed by atoms with E-state index in [-0.39, 0.29) is 11.5 Å². The van der Waals surface area contributed by atoms with Gasteiger partial charge in [0.1, 0.15) is 0 Å². The van der Waals surface area contributed by atoms with E-state index in [9.17, 15) is 9.59 Å². The van der Waals surface area contributed by atoms with Crippen LogP contribution in [-0.4, -0.2) is 17.0 Å². The third-order valence-electron chi connectivity index (χ3n) is 4.75. The second-order valence-electron chi connectivity index (χ2n) is 7.02. The van der Waals surface area contributed by atoms with Gasteiger partial charge in [0.25, 0.3) is 11.5 Å². The number of carbonyl (C=O) groups is 1. The lowest BCUT2D eigenvalue weighted by Gasteiger charge is -2.23. The molecule has 0 saturated carbocycles. The fourth-order valence-electron chi connectivity index (χ4n) is 3.10. The van der Waals surface area contributed by atoms with E-state index in [2.05, 4.69) is 6.92 Å². The molecule has 4 heteroatoms. The SMILES string of the molecule is CCCCN(C(=O)c1ccc(=O)n(Cc2ccc(C)cc2)c1)c1ccccc1. The highest BCUT2D eigenvalue weighted by Crippen LogP contribution is 2.17. The maximum atomic E-state index is 13.2. The van der Waals surface area contributed by atoms with Crippen LogP contribution < -0.4 is 10.5 Å². The Morgan fingerprint density at radius 3 is 2.36 bits per heavy atom. The molecule has 1 heterocycles. The second kappa shape index (κ2) is 9.18. The van der Waals surface area contributed by atoms with Gasteiger partial charge in [-0.05, 0) is 37.1 Å². The summed E-state index contributed by atoms with van der Waals surface area (Å²) in [7, 11) is 0. The lowest BCUT2D eigenvalue weighted by atomic mass is 10.1. The Hall–Kier alpha value is -3.14. The molecule has 0 unspecified atom stereocenters. The van der Waals surface area contributed by atoms with Gasteiger partial charge in [-0.3, -0.25) is 9.59 Å². The zero-order valence-corrected chi connectivity index (χ0v) is 16.5. The molecule has 3 rings (SSSR count). The molecule has 0 aliphatic rings. The molecule has 1 aromatic heterocycles. The van der Waals surface area contributed by atoms with Gasteiger partial charge in [-0.2, -0.15) is 0 Å². The average molecular weight is 374 g/mol. The van der Waals surface area contributed by atoms with Crippen LogP contribution in [0.5, 0.6) is 0 Å². The summed E-state index contributed by atoms with van der Waals surface area (Å²) >= 11 is 0. The van der Waals surface area contributed by atoms with E-state index in [1.54, 1.807) is 21.7 Å². The standard InChI is InChI=1S/C24H26N2O2/c1-3-4-16-26(22-8-6-5-7-9-22)24(28)21-14-15-23(27)25(18-21)17-20-12-10-19(2)11-13-20/h5-15,18H,3-4,16-17H2,1-2H3. The number of anilines is 1. The van der Waals surface area contributed by atoms with Crippen molar-refractivity contribution in [3.05, 3.63) is 100.0 Å². The highest BCUT2D eigenvalue weighted by atomic mass is 16.2. The lowest BCUT2D eigenvalue weighted by molar-refractivity contribution is 0.0985. The molecule has 0 N–H and O–H groups in total. The Morgan fingerprint density at radius 2 is 1.68 bits per heavy atom.